The van der Waals surface area contributed by atoms with Crippen LogP contribution in [-0.2, 0) is 6.42 Å². The Morgan fingerprint density at radius 1 is 1.59 bits per heavy atom. The van der Waals surface area contributed by atoms with Gasteiger partial charge in [0.2, 0.25) is 5.89 Å². The summed E-state index contributed by atoms with van der Waals surface area (Å²) in [6.45, 7) is 5.50. The van der Waals surface area contributed by atoms with Crippen LogP contribution in [0.25, 0.3) is 0 Å². The second kappa shape index (κ2) is 6.17. The summed E-state index contributed by atoms with van der Waals surface area (Å²) in [4.78, 5) is 7.07. The van der Waals surface area contributed by atoms with Crippen LogP contribution in [0.2, 0.25) is 0 Å². The maximum absolute atomic E-state index is 5.64. The lowest BCUT2D eigenvalue weighted by Gasteiger charge is -2.19. The van der Waals surface area contributed by atoms with E-state index in [0.29, 0.717) is 6.04 Å². The molecule has 0 saturated carbocycles. The summed E-state index contributed by atoms with van der Waals surface area (Å²) in [5.74, 6) is 0.920. The Morgan fingerprint density at radius 3 is 3.24 bits per heavy atom. The molecule has 1 saturated heterocycles. The lowest BCUT2D eigenvalue weighted by Crippen LogP contribution is -2.22. The number of hydrogen-bond donors (Lipinski definition) is 1. The summed E-state index contributed by atoms with van der Waals surface area (Å²) in [5, 5.41) is 3.15. The SMILES string of the molecule is CCN1CCCC1c1nc(CCCNC)co1. The fraction of sp³-hybridized carbons (Fsp3) is 0.769. The third-order valence-corrected chi connectivity index (χ3v) is 3.48. The summed E-state index contributed by atoms with van der Waals surface area (Å²) < 4.78 is 5.64. The van der Waals surface area contributed by atoms with Crippen LogP contribution in [-0.4, -0.2) is 36.6 Å². The molecule has 1 aromatic heterocycles. The fourth-order valence-electron chi connectivity index (χ4n) is 2.52. The maximum atomic E-state index is 5.64. The van der Waals surface area contributed by atoms with Crippen LogP contribution in [0, 0.1) is 0 Å². The minimum atomic E-state index is 0.415. The zero-order valence-electron chi connectivity index (χ0n) is 10.9. The molecule has 4 nitrogen and oxygen atoms in total. The Balaban J connectivity index is 1.93. The van der Waals surface area contributed by atoms with Crippen molar-refractivity contribution in [1.29, 1.82) is 0 Å². The third-order valence-electron chi connectivity index (χ3n) is 3.48. The van der Waals surface area contributed by atoms with Gasteiger partial charge >= 0.3 is 0 Å². The number of likely N-dealkylation sites (tertiary alicyclic amines) is 1. The first-order valence-corrected chi connectivity index (χ1v) is 6.68. The van der Waals surface area contributed by atoms with Gasteiger partial charge in [-0.15, -0.1) is 0 Å². The monoisotopic (exact) mass is 237 g/mol. The van der Waals surface area contributed by atoms with E-state index in [1.807, 2.05) is 13.3 Å². The zero-order valence-corrected chi connectivity index (χ0v) is 10.9. The normalized spacial score (nSPS) is 21.2. The van der Waals surface area contributed by atoms with Crippen molar-refractivity contribution in [3.8, 4) is 0 Å². The molecule has 1 N–H and O–H groups in total. The number of nitrogens with one attached hydrogen (secondary N) is 1. The highest BCUT2D eigenvalue weighted by molar-refractivity contribution is 5.02. The summed E-state index contributed by atoms with van der Waals surface area (Å²) in [6.07, 6.45) is 6.39. The van der Waals surface area contributed by atoms with Crippen molar-refractivity contribution in [2.24, 2.45) is 0 Å². The topological polar surface area (TPSA) is 41.3 Å². The largest absolute Gasteiger partial charge is 0.447 e. The average molecular weight is 237 g/mol. The standard InChI is InChI=1S/C13H23N3O/c1-3-16-9-5-7-12(16)13-15-11(10-17-13)6-4-8-14-2/h10,12,14H,3-9H2,1-2H3. The molecule has 0 bridgehead atoms. The minimum absolute atomic E-state index is 0.415. The molecule has 0 aromatic carbocycles. The number of aromatic nitrogens is 1. The van der Waals surface area contributed by atoms with Gasteiger partial charge in [-0.3, -0.25) is 4.90 Å². The molecule has 1 aliphatic heterocycles. The highest BCUT2D eigenvalue weighted by Gasteiger charge is 2.28. The number of rotatable bonds is 6. The predicted octanol–water partition coefficient (Wildman–Crippen LogP) is 1.98. The molecule has 1 atom stereocenters. The molecular weight excluding hydrogens is 214 g/mol. The molecule has 1 fully saturated rings. The van der Waals surface area contributed by atoms with E-state index in [2.05, 4.69) is 22.1 Å². The molecule has 17 heavy (non-hydrogen) atoms. The predicted molar refractivity (Wildman–Crippen MR) is 68.0 cm³/mol. The minimum Gasteiger partial charge on any atom is -0.447 e. The van der Waals surface area contributed by atoms with E-state index < -0.39 is 0 Å². The Morgan fingerprint density at radius 2 is 2.47 bits per heavy atom. The van der Waals surface area contributed by atoms with Gasteiger partial charge in [0.05, 0.1) is 11.7 Å². The van der Waals surface area contributed by atoms with Crippen LogP contribution in [0.5, 0.6) is 0 Å². The van der Waals surface area contributed by atoms with Crippen molar-refractivity contribution in [2.75, 3.05) is 26.7 Å². The quantitative estimate of drug-likeness (QED) is 0.768. The molecule has 1 unspecified atom stereocenters. The van der Waals surface area contributed by atoms with Crippen LogP contribution < -0.4 is 5.32 Å². The second-order valence-corrected chi connectivity index (χ2v) is 4.67. The fourth-order valence-corrected chi connectivity index (χ4v) is 2.52. The first-order valence-electron chi connectivity index (χ1n) is 6.68. The van der Waals surface area contributed by atoms with E-state index in [1.165, 1.54) is 19.4 Å². The van der Waals surface area contributed by atoms with Crippen LogP contribution in [0.15, 0.2) is 10.7 Å². The molecule has 96 valence electrons. The van der Waals surface area contributed by atoms with Crippen molar-refractivity contribution < 1.29 is 4.42 Å². The zero-order chi connectivity index (χ0) is 12.1. The molecule has 0 aliphatic carbocycles. The van der Waals surface area contributed by atoms with Crippen molar-refractivity contribution >= 4 is 0 Å². The maximum Gasteiger partial charge on any atom is 0.211 e. The van der Waals surface area contributed by atoms with E-state index >= 15 is 0 Å². The number of nitrogens with zero attached hydrogens (tertiary/aromatic N) is 2. The smallest absolute Gasteiger partial charge is 0.211 e. The molecule has 4 heteroatoms. The summed E-state index contributed by atoms with van der Waals surface area (Å²) in [6, 6.07) is 0.415. The summed E-state index contributed by atoms with van der Waals surface area (Å²) >= 11 is 0. The second-order valence-electron chi connectivity index (χ2n) is 4.67. The van der Waals surface area contributed by atoms with Gasteiger partial charge in [0.1, 0.15) is 6.26 Å². The number of oxazole rings is 1. The lowest BCUT2D eigenvalue weighted by molar-refractivity contribution is 0.233. The van der Waals surface area contributed by atoms with E-state index in [1.54, 1.807) is 0 Å². The van der Waals surface area contributed by atoms with Crippen LogP contribution in [0.3, 0.4) is 0 Å². The molecule has 2 rings (SSSR count). The van der Waals surface area contributed by atoms with Gasteiger partial charge in [-0.25, -0.2) is 4.98 Å². The van der Waals surface area contributed by atoms with Gasteiger partial charge in [0.25, 0.3) is 0 Å². The van der Waals surface area contributed by atoms with Crippen LogP contribution >= 0.6 is 0 Å². The van der Waals surface area contributed by atoms with Crippen molar-refractivity contribution in [3.05, 3.63) is 17.8 Å². The van der Waals surface area contributed by atoms with E-state index in [-0.39, 0.29) is 0 Å². The first kappa shape index (κ1) is 12.6. The van der Waals surface area contributed by atoms with Gasteiger partial charge in [-0.1, -0.05) is 6.92 Å². The highest BCUT2D eigenvalue weighted by atomic mass is 16.3. The average Bonchev–Trinajstić information content (AvgIpc) is 2.96. The van der Waals surface area contributed by atoms with Gasteiger partial charge in [-0.2, -0.15) is 0 Å². The van der Waals surface area contributed by atoms with E-state index in [9.17, 15) is 0 Å². The first-order chi connectivity index (χ1) is 8.35. The Kier molecular flexibility index (Phi) is 4.57. The molecule has 0 amide bonds. The molecule has 1 aromatic rings. The van der Waals surface area contributed by atoms with Gasteiger partial charge in [0.15, 0.2) is 0 Å². The van der Waals surface area contributed by atoms with Crippen LogP contribution in [0.4, 0.5) is 0 Å². The molecule has 1 aliphatic rings. The van der Waals surface area contributed by atoms with E-state index in [0.717, 1.165) is 37.5 Å². The van der Waals surface area contributed by atoms with Crippen molar-refractivity contribution in [1.82, 2.24) is 15.2 Å². The lowest BCUT2D eigenvalue weighted by atomic mass is 10.2. The van der Waals surface area contributed by atoms with Gasteiger partial charge < -0.3 is 9.73 Å². The van der Waals surface area contributed by atoms with Crippen LogP contribution in [0.1, 0.15) is 43.8 Å². The summed E-state index contributed by atoms with van der Waals surface area (Å²) in [5.41, 5.74) is 1.10. The number of hydrogen-bond acceptors (Lipinski definition) is 4. The van der Waals surface area contributed by atoms with E-state index in [4.69, 9.17) is 4.42 Å². The molecule has 2 heterocycles. The molecule has 0 spiro atoms. The molecule has 0 radical (unpaired) electrons. The Labute approximate surface area is 103 Å². The van der Waals surface area contributed by atoms with Gasteiger partial charge in [0, 0.05) is 0 Å². The summed E-state index contributed by atoms with van der Waals surface area (Å²) in [7, 11) is 1.98. The Hall–Kier alpha value is -0.870. The van der Waals surface area contributed by atoms with Crippen molar-refractivity contribution in [3.63, 3.8) is 0 Å². The van der Waals surface area contributed by atoms with Gasteiger partial charge in [-0.05, 0) is 52.4 Å². The molecular formula is C13H23N3O. The third kappa shape index (κ3) is 3.07. The van der Waals surface area contributed by atoms with Crippen molar-refractivity contribution in [2.45, 2.75) is 38.6 Å². The highest BCUT2D eigenvalue weighted by Crippen LogP contribution is 2.30. The number of aryl methyl sites for hydroxylation is 1. The Bertz CT molecular complexity index is 337.